The van der Waals surface area contributed by atoms with Crippen LogP contribution in [0.5, 0.6) is 0 Å². The van der Waals surface area contributed by atoms with Crippen molar-refractivity contribution in [1.82, 2.24) is 14.8 Å². The number of hydrogen-bond acceptors (Lipinski definition) is 5. The SMILES string of the molecule is Cc1ccc2c(CSc3nnc(-c4ccccc4)n3-c3ccc(Cl)cc3)cc(=O)oc2c1C. The van der Waals surface area contributed by atoms with Crippen molar-refractivity contribution in [3.05, 3.63) is 105 Å². The van der Waals surface area contributed by atoms with Crippen molar-refractivity contribution in [3.63, 3.8) is 0 Å². The number of halogens is 1. The number of aryl methyl sites for hydroxylation is 2. The molecule has 0 radical (unpaired) electrons. The monoisotopic (exact) mass is 473 g/mol. The number of fused-ring (bicyclic) bond motifs is 1. The first kappa shape index (κ1) is 21.5. The van der Waals surface area contributed by atoms with Gasteiger partial charge in [0, 0.05) is 33.5 Å². The molecule has 5 aromatic rings. The predicted octanol–water partition coefficient (Wildman–Crippen LogP) is 6.60. The van der Waals surface area contributed by atoms with Crippen LogP contribution >= 0.6 is 23.4 Å². The van der Waals surface area contributed by atoms with E-state index in [0.29, 0.717) is 16.4 Å². The zero-order chi connectivity index (χ0) is 22.9. The molecule has 0 unspecified atom stereocenters. The second kappa shape index (κ2) is 8.89. The summed E-state index contributed by atoms with van der Waals surface area (Å²) < 4.78 is 7.53. The minimum absolute atomic E-state index is 0.351. The van der Waals surface area contributed by atoms with Crippen LogP contribution in [0, 0.1) is 13.8 Å². The Hall–Kier alpha value is -3.35. The van der Waals surface area contributed by atoms with Crippen LogP contribution in [0.1, 0.15) is 16.7 Å². The molecule has 7 heteroatoms. The Bertz CT molecular complexity index is 1510. The minimum Gasteiger partial charge on any atom is -0.422 e. The molecule has 0 saturated carbocycles. The Morgan fingerprint density at radius 3 is 2.48 bits per heavy atom. The van der Waals surface area contributed by atoms with Gasteiger partial charge in [0.15, 0.2) is 11.0 Å². The fourth-order valence-corrected chi connectivity index (χ4v) is 4.82. The summed E-state index contributed by atoms with van der Waals surface area (Å²) in [6.45, 7) is 3.98. The van der Waals surface area contributed by atoms with Crippen molar-refractivity contribution in [2.45, 2.75) is 24.8 Å². The third-order valence-electron chi connectivity index (χ3n) is 5.62. The third kappa shape index (κ3) is 4.19. The quantitative estimate of drug-likeness (QED) is 0.212. The van der Waals surface area contributed by atoms with Gasteiger partial charge in [0.05, 0.1) is 0 Å². The highest BCUT2D eigenvalue weighted by Crippen LogP contribution is 2.32. The second-order valence-electron chi connectivity index (χ2n) is 7.75. The molecule has 0 N–H and O–H groups in total. The van der Waals surface area contributed by atoms with Gasteiger partial charge in [0.25, 0.3) is 0 Å². The molecular formula is C26H20ClN3O2S. The van der Waals surface area contributed by atoms with Crippen LogP contribution < -0.4 is 5.63 Å². The zero-order valence-electron chi connectivity index (χ0n) is 18.1. The van der Waals surface area contributed by atoms with E-state index in [1.807, 2.05) is 79.1 Å². The molecule has 0 aliphatic rings. The summed E-state index contributed by atoms with van der Waals surface area (Å²) in [5, 5.41) is 11.3. The molecule has 0 fully saturated rings. The van der Waals surface area contributed by atoms with Gasteiger partial charge in [-0.05, 0) is 54.8 Å². The highest BCUT2D eigenvalue weighted by molar-refractivity contribution is 7.98. The fourth-order valence-electron chi connectivity index (χ4n) is 3.75. The lowest BCUT2D eigenvalue weighted by atomic mass is 10.0. The third-order valence-corrected chi connectivity index (χ3v) is 6.85. The van der Waals surface area contributed by atoms with Gasteiger partial charge < -0.3 is 4.42 Å². The van der Waals surface area contributed by atoms with E-state index >= 15 is 0 Å². The maximum Gasteiger partial charge on any atom is 0.336 e. The van der Waals surface area contributed by atoms with E-state index in [-0.39, 0.29) is 5.63 Å². The summed E-state index contributed by atoms with van der Waals surface area (Å²) in [5.41, 5.74) is 5.13. The average molecular weight is 474 g/mol. The van der Waals surface area contributed by atoms with Gasteiger partial charge in [-0.3, -0.25) is 4.57 Å². The Kier molecular flexibility index (Phi) is 5.79. The van der Waals surface area contributed by atoms with Crippen molar-refractivity contribution in [3.8, 4) is 17.1 Å². The van der Waals surface area contributed by atoms with Crippen LogP contribution in [0.3, 0.4) is 0 Å². The zero-order valence-corrected chi connectivity index (χ0v) is 19.7. The van der Waals surface area contributed by atoms with Crippen LogP contribution in [0.25, 0.3) is 28.0 Å². The van der Waals surface area contributed by atoms with Crippen molar-refractivity contribution in [2.24, 2.45) is 0 Å². The highest BCUT2D eigenvalue weighted by Gasteiger charge is 2.17. The van der Waals surface area contributed by atoms with E-state index in [0.717, 1.165) is 44.3 Å². The van der Waals surface area contributed by atoms with Gasteiger partial charge in [-0.1, -0.05) is 65.8 Å². The van der Waals surface area contributed by atoms with Gasteiger partial charge in [-0.2, -0.15) is 0 Å². The molecule has 2 aromatic heterocycles. The molecule has 5 nitrogen and oxygen atoms in total. The van der Waals surface area contributed by atoms with E-state index in [1.54, 1.807) is 6.07 Å². The molecule has 2 heterocycles. The summed E-state index contributed by atoms with van der Waals surface area (Å²) in [6, 6.07) is 23.1. The molecule has 0 aliphatic carbocycles. The number of benzene rings is 3. The van der Waals surface area contributed by atoms with E-state index in [2.05, 4.69) is 16.3 Å². The standard InChI is InChI=1S/C26H20ClN3O2S/c1-16-8-13-22-19(14-23(31)32-24(22)17(16)2)15-33-26-29-28-25(18-6-4-3-5-7-18)30(26)21-11-9-20(27)10-12-21/h3-14H,15H2,1-2H3. The molecule has 0 atom stereocenters. The van der Waals surface area contributed by atoms with Gasteiger partial charge >= 0.3 is 5.63 Å². The number of nitrogens with zero attached hydrogens (tertiary/aromatic N) is 3. The molecule has 0 spiro atoms. The Morgan fingerprint density at radius 2 is 1.73 bits per heavy atom. The van der Waals surface area contributed by atoms with Crippen LogP contribution in [-0.4, -0.2) is 14.8 Å². The molecule has 0 amide bonds. The van der Waals surface area contributed by atoms with Crippen molar-refractivity contribution < 1.29 is 4.42 Å². The van der Waals surface area contributed by atoms with E-state index in [1.165, 1.54) is 11.8 Å². The van der Waals surface area contributed by atoms with Crippen LogP contribution in [0.2, 0.25) is 5.02 Å². The Morgan fingerprint density at radius 1 is 0.970 bits per heavy atom. The van der Waals surface area contributed by atoms with E-state index < -0.39 is 0 Å². The van der Waals surface area contributed by atoms with Crippen LogP contribution in [0.15, 0.2) is 87.2 Å². The highest BCUT2D eigenvalue weighted by atomic mass is 35.5. The minimum atomic E-state index is -0.351. The average Bonchev–Trinajstić information content (AvgIpc) is 3.25. The lowest BCUT2D eigenvalue weighted by Crippen LogP contribution is -2.03. The summed E-state index contributed by atoms with van der Waals surface area (Å²) in [4.78, 5) is 12.3. The number of rotatable bonds is 5. The molecule has 0 saturated heterocycles. The topological polar surface area (TPSA) is 60.9 Å². The Balaban J connectivity index is 1.57. The number of hydrogen-bond donors (Lipinski definition) is 0. The fraction of sp³-hybridized carbons (Fsp3) is 0.115. The van der Waals surface area contributed by atoms with Crippen LogP contribution in [0.4, 0.5) is 0 Å². The molecule has 164 valence electrons. The molecule has 0 bridgehead atoms. The first-order valence-corrected chi connectivity index (χ1v) is 11.8. The maximum atomic E-state index is 12.3. The molecule has 0 aliphatic heterocycles. The van der Waals surface area contributed by atoms with Crippen molar-refractivity contribution >= 4 is 34.3 Å². The van der Waals surface area contributed by atoms with Crippen molar-refractivity contribution in [1.29, 1.82) is 0 Å². The summed E-state index contributed by atoms with van der Waals surface area (Å²) in [5.74, 6) is 1.29. The summed E-state index contributed by atoms with van der Waals surface area (Å²) in [6.07, 6.45) is 0. The van der Waals surface area contributed by atoms with Crippen LogP contribution in [-0.2, 0) is 5.75 Å². The van der Waals surface area contributed by atoms with E-state index in [9.17, 15) is 4.79 Å². The lowest BCUT2D eigenvalue weighted by molar-refractivity contribution is 0.557. The smallest absolute Gasteiger partial charge is 0.336 e. The first-order valence-electron chi connectivity index (χ1n) is 10.4. The normalized spacial score (nSPS) is 11.2. The number of thioether (sulfide) groups is 1. The maximum absolute atomic E-state index is 12.3. The van der Waals surface area contributed by atoms with Gasteiger partial charge in [0.1, 0.15) is 5.58 Å². The first-order chi connectivity index (χ1) is 16.0. The summed E-state index contributed by atoms with van der Waals surface area (Å²) in [7, 11) is 0. The Labute approximate surface area is 200 Å². The van der Waals surface area contributed by atoms with Gasteiger partial charge in [-0.25, -0.2) is 4.79 Å². The molecule has 5 rings (SSSR count). The molecular weight excluding hydrogens is 454 g/mol. The van der Waals surface area contributed by atoms with Gasteiger partial charge in [0.2, 0.25) is 0 Å². The largest absolute Gasteiger partial charge is 0.422 e. The molecule has 3 aromatic carbocycles. The van der Waals surface area contributed by atoms with Crippen molar-refractivity contribution in [2.75, 3.05) is 0 Å². The van der Waals surface area contributed by atoms with Gasteiger partial charge in [-0.15, -0.1) is 10.2 Å². The molecule has 33 heavy (non-hydrogen) atoms. The summed E-state index contributed by atoms with van der Waals surface area (Å²) >= 11 is 7.64. The lowest BCUT2D eigenvalue weighted by Gasteiger charge is -2.12. The second-order valence-corrected chi connectivity index (χ2v) is 9.13. The van der Waals surface area contributed by atoms with E-state index in [4.69, 9.17) is 16.0 Å². The predicted molar refractivity (Wildman–Crippen MR) is 133 cm³/mol. The number of aromatic nitrogens is 3.